The monoisotopic (exact) mass is 314 g/mol. The summed E-state index contributed by atoms with van der Waals surface area (Å²) in [6.45, 7) is 0. The number of pyridine rings is 1. The Morgan fingerprint density at radius 1 is 1.53 bits per heavy atom. The normalized spacial score (nSPS) is 10.2. The van der Waals surface area contributed by atoms with E-state index in [1.807, 2.05) is 0 Å². The van der Waals surface area contributed by atoms with Gasteiger partial charge in [-0.2, -0.15) is 0 Å². The molecule has 4 N–H and O–H groups in total. The molecule has 88 valence electrons. The van der Waals surface area contributed by atoms with Crippen LogP contribution < -0.4 is 11.1 Å². The summed E-state index contributed by atoms with van der Waals surface area (Å²) in [5.41, 5.74) is 6.79. The zero-order valence-corrected chi connectivity index (χ0v) is 10.8. The molecule has 0 aromatic carbocycles. The minimum absolute atomic E-state index is 0.223. The second-order valence-electron chi connectivity index (χ2n) is 3.29. The molecule has 2 rings (SSSR count). The van der Waals surface area contributed by atoms with Crippen LogP contribution in [0.1, 0.15) is 10.5 Å². The number of carbonyl (C=O) groups excluding carboxylic acids is 1. The van der Waals surface area contributed by atoms with Crippen LogP contribution in [0.25, 0.3) is 0 Å². The van der Waals surface area contributed by atoms with Gasteiger partial charge in [0.1, 0.15) is 5.69 Å². The Balaban J connectivity index is 2.21. The number of rotatable bonds is 2. The van der Waals surface area contributed by atoms with Gasteiger partial charge in [-0.25, -0.2) is 4.98 Å². The number of H-pyrrole nitrogens is 1. The number of halogens is 2. The molecule has 0 bridgehead atoms. The Labute approximate surface area is 111 Å². The van der Waals surface area contributed by atoms with Gasteiger partial charge in [0.05, 0.1) is 5.69 Å². The number of nitrogens with two attached hydrogens (primary N) is 1. The van der Waals surface area contributed by atoms with Gasteiger partial charge in [-0.05, 0) is 28.1 Å². The number of aromatic amines is 1. The van der Waals surface area contributed by atoms with Gasteiger partial charge in [-0.15, -0.1) is 0 Å². The van der Waals surface area contributed by atoms with E-state index in [0.717, 1.165) is 4.47 Å². The van der Waals surface area contributed by atoms with Crippen molar-refractivity contribution in [2.75, 3.05) is 11.1 Å². The molecule has 2 aromatic rings. The third-order valence-corrected chi connectivity index (χ3v) is 2.74. The van der Waals surface area contributed by atoms with Crippen LogP contribution in [0, 0.1) is 0 Å². The minimum atomic E-state index is -0.330. The first-order valence-electron chi connectivity index (χ1n) is 4.62. The lowest BCUT2D eigenvalue weighted by atomic mass is 10.3. The molecular weight excluding hydrogens is 307 g/mol. The van der Waals surface area contributed by atoms with Crippen molar-refractivity contribution in [1.29, 1.82) is 0 Å². The number of nitrogen functional groups attached to an aromatic ring is 1. The molecule has 2 aromatic heterocycles. The third kappa shape index (κ3) is 2.78. The Hall–Kier alpha value is -1.53. The molecule has 0 radical (unpaired) electrons. The van der Waals surface area contributed by atoms with Crippen LogP contribution in [0.15, 0.2) is 29.0 Å². The zero-order chi connectivity index (χ0) is 12.4. The maximum Gasteiger partial charge on any atom is 0.272 e. The summed E-state index contributed by atoms with van der Waals surface area (Å²) in [4.78, 5) is 18.4. The molecule has 7 heteroatoms. The lowest BCUT2D eigenvalue weighted by Gasteiger charge is -2.05. The van der Waals surface area contributed by atoms with Crippen molar-refractivity contribution in [2.24, 2.45) is 0 Å². The van der Waals surface area contributed by atoms with Crippen molar-refractivity contribution >= 4 is 44.8 Å². The highest BCUT2D eigenvalue weighted by molar-refractivity contribution is 9.10. The molecule has 0 spiro atoms. The summed E-state index contributed by atoms with van der Waals surface area (Å²) < 4.78 is 0.725. The van der Waals surface area contributed by atoms with E-state index in [4.69, 9.17) is 17.3 Å². The average molecular weight is 316 g/mol. The fraction of sp³-hybridized carbons (Fsp3) is 0. The van der Waals surface area contributed by atoms with Crippen LogP contribution in [0.4, 0.5) is 11.4 Å². The number of hydrogen-bond donors (Lipinski definition) is 3. The van der Waals surface area contributed by atoms with Gasteiger partial charge in [0, 0.05) is 22.6 Å². The van der Waals surface area contributed by atoms with Gasteiger partial charge in [0.2, 0.25) is 0 Å². The molecule has 1 amide bonds. The third-order valence-electron chi connectivity index (χ3n) is 2.00. The van der Waals surface area contributed by atoms with Crippen molar-refractivity contribution < 1.29 is 4.79 Å². The number of nitrogens with one attached hydrogen (secondary N) is 2. The van der Waals surface area contributed by atoms with E-state index >= 15 is 0 Å². The molecule has 2 heterocycles. The van der Waals surface area contributed by atoms with E-state index in [-0.39, 0.29) is 11.1 Å². The molecule has 0 aliphatic heterocycles. The van der Waals surface area contributed by atoms with Gasteiger partial charge in [0.15, 0.2) is 5.15 Å². The van der Waals surface area contributed by atoms with Gasteiger partial charge >= 0.3 is 0 Å². The number of nitrogens with zero attached hydrogens (tertiary/aromatic N) is 1. The minimum Gasteiger partial charge on any atom is -0.397 e. The molecule has 0 unspecified atom stereocenters. The highest BCUT2D eigenvalue weighted by atomic mass is 79.9. The molecular formula is C10H8BrClN4O. The fourth-order valence-corrected chi connectivity index (χ4v) is 1.72. The smallest absolute Gasteiger partial charge is 0.272 e. The highest BCUT2D eigenvalue weighted by Gasteiger charge is 2.11. The summed E-state index contributed by atoms with van der Waals surface area (Å²) in [6, 6.07) is 3.20. The first-order valence-corrected chi connectivity index (χ1v) is 5.79. The fourth-order valence-electron chi connectivity index (χ4n) is 1.24. The van der Waals surface area contributed by atoms with Gasteiger partial charge < -0.3 is 16.0 Å². The number of carbonyl (C=O) groups is 1. The zero-order valence-electron chi connectivity index (χ0n) is 8.50. The predicted octanol–water partition coefficient (Wildman–Crippen LogP) is 2.66. The van der Waals surface area contributed by atoms with Gasteiger partial charge in [-0.3, -0.25) is 4.79 Å². The average Bonchev–Trinajstić information content (AvgIpc) is 2.70. The van der Waals surface area contributed by atoms with Crippen LogP contribution in [-0.2, 0) is 0 Å². The quantitative estimate of drug-likeness (QED) is 0.745. The largest absolute Gasteiger partial charge is 0.397 e. The highest BCUT2D eigenvalue weighted by Crippen LogP contribution is 2.23. The van der Waals surface area contributed by atoms with Crippen molar-refractivity contribution in [3.63, 3.8) is 0 Å². The van der Waals surface area contributed by atoms with Gasteiger partial charge in [-0.1, -0.05) is 11.6 Å². The predicted molar refractivity (Wildman–Crippen MR) is 70.1 cm³/mol. The van der Waals surface area contributed by atoms with E-state index < -0.39 is 0 Å². The van der Waals surface area contributed by atoms with Gasteiger partial charge in [0.25, 0.3) is 5.91 Å². The van der Waals surface area contributed by atoms with Crippen LogP contribution >= 0.6 is 27.5 Å². The van der Waals surface area contributed by atoms with Crippen LogP contribution in [0.3, 0.4) is 0 Å². The Morgan fingerprint density at radius 3 is 2.94 bits per heavy atom. The first kappa shape index (κ1) is 11.9. The van der Waals surface area contributed by atoms with E-state index in [1.165, 1.54) is 12.3 Å². The van der Waals surface area contributed by atoms with E-state index in [2.05, 4.69) is 31.2 Å². The molecule has 0 aliphatic carbocycles. The van der Waals surface area contributed by atoms with E-state index in [9.17, 15) is 4.79 Å². The van der Waals surface area contributed by atoms with Crippen LogP contribution in [0.2, 0.25) is 5.15 Å². The second-order valence-corrected chi connectivity index (χ2v) is 4.57. The Kier molecular flexibility index (Phi) is 3.35. The number of amides is 1. The molecule has 0 saturated carbocycles. The molecule has 5 nitrogen and oxygen atoms in total. The maximum atomic E-state index is 11.8. The van der Waals surface area contributed by atoms with E-state index in [0.29, 0.717) is 17.1 Å². The summed E-state index contributed by atoms with van der Waals surface area (Å²) in [5, 5.41) is 2.85. The lowest BCUT2D eigenvalue weighted by molar-refractivity contribution is 0.102. The number of hydrogen-bond acceptors (Lipinski definition) is 3. The first-order chi connectivity index (χ1) is 8.06. The van der Waals surface area contributed by atoms with Crippen molar-refractivity contribution in [3.8, 4) is 0 Å². The van der Waals surface area contributed by atoms with Crippen molar-refractivity contribution in [2.45, 2.75) is 0 Å². The Bertz CT molecular complexity index is 569. The summed E-state index contributed by atoms with van der Waals surface area (Å²) in [7, 11) is 0. The molecule has 0 atom stereocenters. The molecule has 0 fully saturated rings. The van der Waals surface area contributed by atoms with E-state index in [1.54, 1.807) is 12.3 Å². The maximum absolute atomic E-state index is 11.8. The summed E-state index contributed by atoms with van der Waals surface area (Å²) >= 11 is 9.10. The van der Waals surface area contributed by atoms with Crippen molar-refractivity contribution in [1.82, 2.24) is 9.97 Å². The molecule has 0 saturated heterocycles. The second kappa shape index (κ2) is 4.77. The lowest BCUT2D eigenvalue weighted by Crippen LogP contribution is -2.12. The molecule has 0 aliphatic rings. The standard InChI is InChI=1S/C10H8BrClN4O/c11-5-1-7(9(12)15-3-5)16-10(17)8-2-6(13)4-14-8/h1-4,14H,13H2,(H,16,17). The summed E-state index contributed by atoms with van der Waals surface area (Å²) in [5.74, 6) is -0.330. The molecule has 17 heavy (non-hydrogen) atoms. The van der Waals surface area contributed by atoms with Crippen LogP contribution in [0.5, 0.6) is 0 Å². The topological polar surface area (TPSA) is 83.8 Å². The Morgan fingerprint density at radius 2 is 2.29 bits per heavy atom. The number of aromatic nitrogens is 2. The summed E-state index contributed by atoms with van der Waals surface area (Å²) in [6.07, 6.45) is 3.08. The SMILES string of the molecule is Nc1c[nH]c(C(=O)Nc2cc(Br)cnc2Cl)c1. The van der Waals surface area contributed by atoms with Crippen LogP contribution in [-0.4, -0.2) is 15.9 Å². The van der Waals surface area contributed by atoms with Crippen molar-refractivity contribution in [3.05, 3.63) is 39.8 Å². The number of anilines is 2.